The molecule has 5 aliphatic carbocycles. The number of fused-ring (bicyclic) bond motifs is 7. The van der Waals surface area contributed by atoms with Crippen molar-refractivity contribution in [3.8, 4) is 0 Å². The molecule has 5 aliphatic rings. The average Bonchev–Trinajstić information content (AvgIpc) is 2.72. The number of hydrogen-bond donors (Lipinski definition) is 0. The third-order valence-electron chi connectivity index (χ3n) is 12.9. The van der Waals surface area contributed by atoms with E-state index in [0.29, 0.717) is 22.2 Å². The summed E-state index contributed by atoms with van der Waals surface area (Å²) in [6, 6.07) is 0. The normalized spacial score (nSPS) is 53.0. The minimum atomic E-state index is -0.103. The van der Waals surface area contributed by atoms with Crippen LogP contribution in [0.2, 0.25) is 0 Å². The second-order valence-corrected chi connectivity index (χ2v) is 14.6. The first-order chi connectivity index (χ1) is 15.3. The van der Waals surface area contributed by atoms with Gasteiger partial charge in [0, 0.05) is 12.3 Å². The maximum Gasteiger partial charge on any atom is 0.302 e. The highest BCUT2D eigenvalue weighted by Gasteiger charge is 2.66. The van der Waals surface area contributed by atoms with Crippen LogP contribution >= 0.6 is 0 Å². The van der Waals surface area contributed by atoms with E-state index in [1.54, 1.807) is 12.5 Å². The van der Waals surface area contributed by atoms with E-state index in [1.165, 1.54) is 51.4 Å². The van der Waals surface area contributed by atoms with Crippen molar-refractivity contribution in [2.75, 3.05) is 0 Å². The Hall–Kier alpha value is -0.790. The number of hydrogen-bond acceptors (Lipinski definition) is 2. The van der Waals surface area contributed by atoms with Gasteiger partial charge in [-0.1, -0.05) is 53.2 Å². The Morgan fingerprint density at radius 1 is 0.909 bits per heavy atom. The van der Waals surface area contributed by atoms with Gasteiger partial charge in [-0.2, -0.15) is 0 Å². The highest BCUT2D eigenvalue weighted by molar-refractivity contribution is 5.66. The lowest BCUT2D eigenvalue weighted by Crippen LogP contribution is -2.64. The summed E-state index contributed by atoms with van der Waals surface area (Å²) in [6.07, 6.45) is 14.7. The zero-order chi connectivity index (χ0) is 24.0. The van der Waals surface area contributed by atoms with Crippen LogP contribution in [0.15, 0.2) is 11.6 Å². The van der Waals surface area contributed by atoms with Crippen molar-refractivity contribution < 1.29 is 9.53 Å². The molecule has 33 heavy (non-hydrogen) atoms. The van der Waals surface area contributed by atoms with E-state index in [4.69, 9.17) is 4.74 Å². The summed E-state index contributed by atoms with van der Waals surface area (Å²) in [5, 5.41) is 0. The van der Waals surface area contributed by atoms with Crippen LogP contribution < -0.4 is 0 Å². The summed E-state index contributed by atoms with van der Waals surface area (Å²) in [5.41, 5.74) is 3.12. The molecule has 0 bridgehead atoms. The minimum Gasteiger partial charge on any atom is -0.462 e. The van der Waals surface area contributed by atoms with E-state index in [9.17, 15) is 4.79 Å². The van der Waals surface area contributed by atoms with Crippen molar-refractivity contribution in [2.45, 2.75) is 119 Å². The van der Waals surface area contributed by atoms with Crippen LogP contribution in [-0.2, 0) is 9.53 Å². The first-order valence-electron chi connectivity index (χ1n) is 14.2. The number of esters is 1. The number of carbonyl (C=O) groups excluding carboxylic acids is 1. The van der Waals surface area contributed by atoms with Gasteiger partial charge in [-0.15, -0.1) is 0 Å². The van der Waals surface area contributed by atoms with Crippen LogP contribution in [0.25, 0.3) is 0 Å². The fourth-order valence-corrected chi connectivity index (χ4v) is 11.3. The van der Waals surface area contributed by atoms with Crippen LogP contribution in [0, 0.1) is 57.2 Å². The molecule has 0 spiro atoms. The topological polar surface area (TPSA) is 26.3 Å². The van der Waals surface area contributed by atoms with Crippen molar-refractivity contribution in [1.29, 1.82) is 0 Å². The molecule has 0 aromatic rings. The Labute approximate surface area is 203 Å². The molecule has 5 rings (SSSR count). The molecule has 0 radical (unpaired) electrons. The minimum absolute atomic E-state index is 0.0712. The lowest BCUT2D eigenvalue weighted by atomic mass is 9.35. The first kappa shape index (κ1) is 23.9. The van der Waals surface area contributed by atoms with Gasteiger partial charge in [0.25, 0.3) is 0 Å². The maximum atomic E-state index is 11.8. The van der Waals surface area contributed by atoms with Crippen LogP contribution in [-0.4, -0.2) is 12.1 Å². The largest absolute Gasteiger partial charge is 0.462 e. The van der Waals surface area contributed by atoms with E-state index in [0.717, 1.165) is 36.0 Å². The standard InChI is InChI=1S/C31H50O2/c1-19-11-15-29(6)16-12-23-22(27(29)20(19)2)9-10-25-30(23,7)17-13-24-28(4,5)26(33-21(3)32)14-18-31(24,25)8/h11,20,22-27H,9-10,12-18H2,1-8H3/t20-,22+,23-,24-,25-,26+,27+,29-,30+,31+/m1/s1. The van der Waals surface area contributed by atoms with E-state index in [1.807, 2.05) is 0 Å². The number of rotatable bonds is 1. The third kappa shape index (κ3) is 3.27. The summed E-state index contributed by atoms with van der Waals surface area (Å²) in [7, 11) is 0. The predicted octanol–water partition coefficient (Wildman–Crippen LogP) is 8.21. The Balaban J connectivity index is 1.46. The Morgan fingerprint density at radius 3 is 2.30 bits per heavy atom. The molecule has 2 nitrogen and oxygen atoms in total. The van der Waals surface area contributed by atoms with E-state index in [-0.39, 0.29) is 17.5 Å². The van der Waals surface area contributed by atoms with Gasteiger partial charge in [0.05, 0.1) is 0 Å². The van der Waals surface area contributed by atoms with Gasteiger partial charge in [0.2, 0.25) is 0 Å². The summed E-state index contributed by atoms with van der Waals surface area (Å²) < 4.78 is 5.90. The second-order valence-electron chi connectivity index (χ2n) is 14.6. The highest BCUT2D eigenvalue weighted by atomic mass is 16.5. The molecular weight excluding hydrogens is 404 g/mol. The molecule has 4 fully saturated rings. The smallest absolute Gasteiger partial charge is 0.302 e. The highest BCUT2D eigenvalue weighted by Crippen LogP contribution is 2.73. The fraction of sp³-hybridized carbons (Fsp3) is 0.903. The van der Waals surface area contributed by atoms with Crippen molar-refractivity contribution >= 4 is 5.97 Å². The fourth-order valence-electron chi connectivity index (χ4n) is 11.3. The Kier molecular flexibility index (Phi) is 5.51. The average molecular weight is 455 g/mol. The van der Waals surface area contributed by atoms with Gasteiger partial charge in [0.1, 0.15) is 6.10 Å². The summed E-state index contributed by atoms with van der Waals surface area (Å²) in [4.78, 5) is 11.8. The molecule has 2 heteroatoms. The SMILES string of the molecule is CC(=O)O[C@H]1CC[C@]2(C)[C@@H]3CC[C@@H]4[C@@H]5[C@H](C)C(C)=CC[C@]5(C)CC[C@H]4[C@]3(C)CC[C@@H]2C1(C)C. The van der Waals surface area contributed by atoms with Crippen molar-refractivity contribution in [1.82, 2.24) is 0 Å². The molecule has 0 N–H and O–H groups in total. The van der Waals surface area contributed by atoms with Crippen LogP contribution in [0.1, 0.15) is 113 Å². The predicted molar refractivity (Wildman–Crippen MR) is 136 cm³/mol. The Bertz CT molecular complexity index is 840. The number of allylic oxidation sites excluding steroid dienone is 2. The number of carbonyl (C=O) groups is 1. The summed E-state index contributed by atoms with van der Waals surface area (Å²) >= 11 is 0. The number of ether oxygens (including phenoxy) is 1. The molecule has 4 saturated carbocycles. The van der Waals surface area contributed by atoms with Crippen LogP contribution in [0.5, 0.6) is 0 Å². The first-order valence-corrected chi connectivity index (χ1v) is 14.2. The van der Waals surface area contributed by atoms with Crippen molar-refractivity contribution in [2.24, 2.45) is 57.2 Å². The van der Waals surface area contributed by atoms with E-state index < -0.39 is 0 Å². The molecule has 0 heterocycles. The van der Waals surface area contributed by atoms with Gasteiger partial charge in [-0.3, -0.25) is 4.79 Å². The molecular formula is C31H50O2. The molecule has 186 valence electrons. The zero-order valence-electron chi connectivity index (χ0n) is 22.8. The van der Waals surface area contributed by atoms with Gasteiger partial charge < -0.3 is 4.74 Å². The van der Waals surface area contributed by atoms with Gasteiger partial charge in [-0.25, -0.2) is 0 Å². The monoisotopic (exact) mass is 454 g/mol. The van der Waals surface area contributed by atoms with Crippen LogP contribution in [0.4, 0.5) is 0 Å². The molecule has 10 atom stereocenters. The summed E-state index contributed by atoms with van der Waals surface area (Å²) in [5.74, 6) is 4.81. The maximum absolute atomic E-state index is 11.8. The third-order valence-corrected chi connectivity index (χ3v) is 12.9. The van der Waals surface area contributed by atoms with Gasteiger partial charge in [0.15, 0.2) is 0 Å². The van der Waals surface area contributed by atoms with Crippen molar-refractivity contribution in [3.63, 3.8) is 0 Å². The zero-order valence-corrected chi connectivity index (χ0v) is 22.8. The summed E-state index contributed by atoms with van der Waals surface area (Å²) in [6.45, 7) is 19.3. The molecule has 0 unspecified atom stereocenters. The molecule has 0 aromatic carbocycles. The van der Waals surface area contributed by atoms with Gasteiger partial charge >= 0.3 is 5.97 Å². The molecule has 0 aliphatic heterocycles. The molecule has 0 aromatic heterocycles. The quantitative estimate of drug-likeness (QED) is 0.295. The lowest BCUT2D eigenvalue weighted by Gasteiger charge is -2.70. The van der Waals surface area contributed by atoms with Crippen molar-refractivity contribution in [3.05, 3.63) is 11.6 Å². The lowest BCUT2D eigenvalue weighted by molar-refractivity contribution is -0.223. The second kappa shape index (κ2) is 7.60. The Morgan fingerprint density at radius 2 is 1.61 bits per heavy atom. The van der Waals surface area contributed by atoms with E-state index >= 15 is 0 Å². The van der Waals surface area contributed by atoms with Crippen LogP contribution in [0.3, 0.4) is 0 Å². The molecule has 0 amide bonds. The van der Waals surface area contributed by atoms with Gasteiger partial charge in [-0.05, 0) is 116 Å². The van der Waals surface area contributed by atoms with E-state index in [2.05, 4.69) is 54.5 Å². The molecule has 0 saturated heterocycles.